The average molecular weight is 334 g/mol. The van der Waals surface area contributed by atoms with Crippen molar-refractivity contribution in [3.05, 3.63) is 0 Å². The summed E-state index contributed by atoms with van der Waals surface area (Å²) in [6, 6.07) is 0. The van der Waals surface area contributed by atoms with E-state index in [4.69, 9.17) is 20.9 Å². The van der Waals surface area contributed by atoms with Crippen LogP contribution in [0.5, 0.6) is 0 Å². The first-order valence-corrected chi connectivity index (χ1v) is 9.25. The number of carbonyl (C=O) groups excluding carboxylic acids is 1. The van der Waals surface area contributed by atoms with Crippen LogP contribution in [0.4, 0.5) is 0 Å². The summed E-state index contributed by atoms with van der Waals surface area (Å²) in [4.78, 5) is 24.8. The lowest BCUT2D eigenvalue weighted by atomic mass is 9.52. The van der Waals surface area contributed by atoms with Gasteiger partial charge in [-0.3, -0.25) is 4.79 Å². The number of esters is 1. The highest BCUT2D eigenvalue weighted by Crippen LogP contribution is 2.59. The van der Waals surface area contributed by atoms with Crippen LogP contribution in [0.2, 0.25) is 0 Å². The molecule has 6 atom stereocenters. The first-order chi connectivity index (χ1) is 11.2. The van der Waals surface area contributed by atoms with Crippen molar-refractivity contribution in [2.75, 3.05) is 0 Å². The molecule has 2 saturated heterocycles. The Morgan fingerprint density at radius 2 is 1.92 bits per heavy atom. The van der Waals surface area contributed by atoms with Crippen molar-refractivity contribution in [3.8, 4) is 12.3 Å². The Morgan fingerprint density at radius 3 is 2.54 bits per heavy atom. The zero-order valence-corrected chi connectivity index (χ0v) is 15.6. The van der Waals surface area contributed by atoms with E-state index >= 15 is 0 Å². The van der Waals surface area contributed by atoms with Crippen molar-refractivity contribution < 1.29 is 19.3 Å². The van der Waals surface area contributed by atoms with E-state index in [1.165, 1.54) is 0 Å². The standard InChI is InChI=1S/C20H30O4/c1-7-16-20-14(11-12-19(6,8-2)23-24-20)13(3)9-10-15(20)18(4,5)17(21)22-16/h1,13-16H,8-12H2,2-6H3/t13-,14?,15?,16?,19?,20?/m1/s1. The molecule has 3 rings (SSSR count). The van der Waals surface area contributed by atoms with Gasteiger partial charge in [-0.2, -0.15) is 0 Å². The zero-order chi connectivity index (χ0) is 17.8. The average Bonchev–Trinajstić information content (AvgIpc) is 2.70. The van der Waals surface area contributed by atoms with Crippen LogP contribution >= 0.6 is 0 Å². The van der Waals surface area contributed by atoms with E-state index in [0.717, 1.165) is 32.1 Å². The van der Waals surface area contributed by atoms with E-state index in [1.807, 2.05) is 13.8 Å². The van der Waals surface area contributed by atoms with Gasteiger partial charge in [-0.1, -0.05) is 19.8 Å². The first-order valence-electron chi connectivity index (χ1n) is 9.25. The van der Waals surface area contributed by atoms with Crippen LogP contribution in [0.3, 0.4) is 0 Å². The SMILES string of the molecule is C#CC1OC(=O)C(C)(C)C2CC[C@@H](C)C3CCC(C)(CC)OOC132. The van der Waals surface area contributed by atoms with Crippen LogP contribution in [-0.4, -0.2) is 23.3 Å². The second-order valence-electron chi connectivity index (χ2n) is 8.75. The largest absolute Gasteiger partial charge is 0.445 e. The van der Waals surface area contributed by atoms with Crippen LogP contribution in [0.1, 0.15) is 66.7 Å². The number of rotatable bonds is 1. The fourth-order valence-corrected chi connectivity index (χ4v) is 5.10. The Balaban J connectivity index is 2.11. The highest BCUT2D eigenvalue weighted by molar-refractivity contribution is 5.78. The molecule has 1 spiro atoms. The summed E-state index contributed by atoms with van der Waals surface area (Å²) in [5.41, 5.74) is -1.68. The second-order valence-corrected chi connectivity index (χ2v) is 8.75. The van der Waals surface area contributed by atoms with Crippen molar-refractivity contribution in [1.82, 2.24) is 0 Å². The zero-order valence-electron chi connectivity index (χ0n) is 15.6. The maximum atomic E-state index is 12.5. The number of carbonyl (C=O) groups is 1. The summed E-state index contributed by atoms with van der Waals surface area (Å²) >= 11 is 0. The molecule has 0 amide bonds. The molecule has 1 aliphatic carbocycles. The molecule has 3 aliphatic rings. The minimum Gasteiger partial charge on any atom is -0.445 e. The molecule has 134 valence electrons. The van der Waals surface area contributed by atoms with E-state index in [9.17, 15) is 4.79 Å². The number of terminal acetylenes is 1. The molecule has 2 aliphatic heterocycles. The molecular formula is C20H30O4. The van der Waals surface area contributed by atoms with Crippen LogP contribution in [0.25, 0.3) is 0 Å². The van der Waals surface area contributed by atoms with Gasteiger partial charge in [0, 0.05) is 5.92 Å². The third-order valence-electron chi connectivity index (χ3n) is 7.02. The molecule has 24 heavy (non-hydrogen) atoms. The molecule has 0 radical (unpaired) electrons. The first kappa shape index (κ1) is 17.8. The minimum absolute atomic E-state index is 0.00714. The maximum Gasteiger partial charge on any atom is 0.313 e. The van der Waals surface area contributed by atoms with Crippen molar-refractivity contribution in [2.24, 2.45) is 23.2 Å². The Labute approximate surface area is 145 Å². The van der Waals surface area contributed by atoms with E-state index in [1.54, 1.807) is 0 Å². The maximum absolute atomic E-state index is 12.5. The molecule has 5 unspecified atom stereocenters. The Morgan fingerprint density at radius 1 is 1.21 bits per heavy atom. The van der Waals surface area contributed by atoms with Crippen LogP contribution in [0.15, 0.2) is 0 Å². The summed E-state index contributed by atoms with van der Waals surface area (Å²) < 4.78 is 5.71. The quantitative estimate of drug-likeness (QED) is 0.415. The third kappa shape index (κ3) is 2.32. The number of cyclic esters (lactones) is 1. The molecule has 0 bridgehead atoms. The molecule has 1 saturated carbocycles. The number of hydrogen-bond donors (Lipinski definition) is 0. The monoisotopic (exact) mass is 334 g/mol. The van der Waals surface area contributed by atoms with Gasteiger partial charge < -0.3 is 4.74 Å². The predicted octanol–water partition coefficient (Wildman–Crippen LogP) is 3.88. The van der Waals surface area contributed by atoms with E-state index < -0.39 is 17.1 Å². The van der Waals surface area contributed by atoms with E-state index in [0.29, 0.717) is 5.92 Å². The predicted molar refractivity (Wildman–Crippen MR) is 90.7 cm³/mol. The lowest BCUT2D eigenvalue weighted by Crippen LogP contribution is -2.68. The topological polar surface area (TPSA) is 44.8 Å². The van der Waals surface area contributed by atoms with Gasteiger partial charge in [0.25, 0.3) is 0 Å². The lowest BCUT2D eigenvalue weighted by molar-refractivity contribution is -0.445. The van der Waals surface area contributed by atoms with Gasteiger partial charge in [-0.25, -0.2) is 9.78 Å². The number of hydrogen-bond acceptors (Lipinski definition) is 4. The van der Waals surface area contributed by atoms with Crippen molar-refractivity contribution in [3.63, 3.8) is 0 Å². The Hall–Kier alpha value is -1.05. The van der Waals surface area contributed by atoms with Crippen molar-refractivity contribution in [1.29, 1.82) is 0 Å². The van der Waals surface area contributed by atoms with E-state index in [-0.39, 0.29) is 23.4 Å². The van der Waals surface area contributed by atoms with Crippen molar-refractivity contribution >= 4 is 5.97 Å². The summed E-state index contributed by atoms with van der Waals surface area (Å²) in [6.45, 7) is 10.4. The normalized spacial score (nSPS) is 47.6. The highest BCUT2D eigenvalue weighted by Gasteiger charge is 2.68. The molecule has 4 heteroatoms. The Bertz CT molecular complexity index is 562. The van der Waals surface area contributed by atoms with Crippen LogP contribution < -0.4 is 0 Å². The van der Waals surface area contributed by atoms with Crippen LogP contribution in [-0.2, 0) is 19.3 Å². The number of ether oxygens (including phenoxy) is 1. The fourth-order valence-electron chi connectivity index (χ4n) is 5.10. The molecule has 2 heterocycles. The molecule has 0 N–H and O–H groups in total. The van der Waals surface area contributed by atoms with Gasteiger partial charge in [0.1, 0.15) is 5.60 Å². The van der Waals surface area contributed by atoms with Crippen LogP contribution in [0, 0.1) is 35.5 Å². The summed E-state index contributed by atoms with van der Waals surface area (Å²) in [5.74, 6) is 3.19. The van der Waals surface area contributed by atoms with Gasteiger partial charge in [0.05, 0.1) is 5.41 Å². The minimum atomic E-state index is -0.739. The molecule has 0 aromatic carbocycles. The van der Waals surface area contributed by atoms with Gasteiger partial charge >= 0.3 is 5.97 Å². The summed E-state index contributed by atoms with van der Waals surface area (Å²) in [6.07, 6.45) is 9.88. The second kappa shape index (κ2) is 5.75. The smallest absolute Gasteiger partial charge is 0.313 e. The van der Waals surface area contributed by atoms with Crippen molar-refractivity contribution in [2.45, 2.75) is 84.0 Å². The van der Waals surface area contributed by atoms with Gasteiger partial charge in [-0.05, 0) is 64.7 Å². The summed E-state index contributed by atoms with van der Waals surface area (Å²) in [7, 11) is 0. The highest BCUT2D eigenvalue weighted by atomic mass is 17.2. The molecule has 0 aromatic heterocycles. The molecule has 0 aromatic rings. The Kier molecular flexibility index (Phi) is 4.25. The van der Waals surface area contributed by atoms with Gasteiger partial charge in [-0.15, -0.1) is 6.42 Å². The third-order valence-corrected chi connectivity index (χ3v) is 7.02. The summed E-state index contributed by atoms with van der Waals surface area (Å²) in [5, 5.41) is 0. The molecular weight excluding hydrogens is 304 g/mol. The molecule has 4 nitrogen and oxygen atoms in total. The van der Waals surface area contributed by atoms with Gasteiger partial charge in [0.2, 0.25) is 0 Å². The molecule has 3 fully saturated rings. The fraction of sp³-hybridized carbons (Fsp3) is 0.850. The van der Waals surface area contributed by atoms with Gasteiger partial charge in [0.15, 0.2) is 11.7 Å². The van der Waals surface area contributed by atoms with E-state index in [2.05, 4.69) is 26.7 Å². The lowest BCUT2D eigenvalue weighted by Gasteiger charge is -2.58.